The first kappa shape index (κ1) is 13.3. The summed E-state index contributed by atoms with van der Waals surface area (Å²) in [6.45, 7) is 6.06. The van der Waals surface area contributed by atoms with Gasteiger partial charge in [0.25, 0.3) is 0 Å². The van der Waals surface area contributed by atoms with E-state index in [9.17, 15) is 4.79 Å². The monoisotopic (exact) mass is 258 g/mol. The van der Waals surface area contributed by atoms with Crippen LogP contribution in [0.25, 0.3) is 11.4 Å². The lowest BCUT2D eigenvalue weighted by Crippen LogP contribution is -2.06. The Hall–Kier alpha value is -2.10. The molecular formula is C15H18N2O2. The minimum atomic E-state index is -0.404. The second kappa shape index (κ2) is 5.26. The van der Waals surface area contributed by atoms with Crippen LogP contribution < -0.4 is 0 Å². The minimum absolute atomic E-state index is 0.181. The van der Waals surface area contributed by atoms with Crippen LogP contribution in [-0.4, -0.2) is 23.0 Å². The van der Waals surface area contributed by atoms with Gasteiger partial charge in [-0.25, -0.2) is 9.78 Å². The zero-order valence-electron chi connectivity index (χ0n) is 11.7. The Kier molecular flexibility index (Phi) is 3.69. The minimum Gasteiger partial charge on any atom is -0.464 e. The van der Waals surface area contributed by atoms with Crippen LogP contribution in [0, 0.1) is 6.92 Å². The van der Waals surface area contributed by atoms with Gasteiger partial charge in [-0.3, -0.25) is 0 Å². The van der Waals surface area contributed by atoms with Gasteiger partial charge in [-0.2, -0.15) is 0 Å². The molecule has 100 valence electrons. The van der Waals surface area contributed by atoms with E-state index in [1.54, 1.807) is 0 Å². The molecule has 4 heteroatoms. The van der Waals surface area contributed by atoms with Crippen molar-refractivity contribution < 1.29 is 9.53 Å². The van der Waals surface area contributed by atoms with Crippen molar-refractivity contribution in [3.8, 4) is 11.4 Å². The summed E-state index contributed by atoms with van der Waals surface area (Å²) in [6.07, 6.45) is 0. The van der Waals surface area contributed by atoms with Gasteiger partial charge >= 0.3 is 5.97 Å². The number of benzene rings is 1. The number of aromatic amines is 1. The molecule has 0 radical (unpaired) electrons. The Morgan fingerprint density at radius 1 is 1.26 bits per heavy atom. The first-order valence-electron chi connectivity index (χ1n) is 6.28. The van der Waals surface area contributed by atoms with E-state index in [1.807, 2.05) is 45.0 Å². The van der Waals surface area contributed by atoms with E-state index in [2.05, 4.69) is 9.97 Å². The Morgan fingerprint density at radius 3 is 2.42 bits per heavy atom. The van der Waals surface area contributed by atoms with E-state index in [1.165, 1.54) is 12.7 Å². The molecule has 1 heterocycles. The number of esters is 1. The Morgan fingerprint density at radius 2 is 1.89 bits per heavy atom. The highest BCUT2D eigenvalue weighted by molar-refractivity contribution is 5.89. The predicted molar refractivity (Wildman–Crippen MR) is 74.2 cm³/mol. The fourth-order valence-corrected chi connectivity index (χ4v) is 1.90. The van der Waals surface area contributed by atoms with Crippen LogP contribution in [0.5, 0.6) is 0 Å². The molecule has 0 saturated carbocycles. The van der Waals surface area contributed by atoms with Crippen LogP contribution in [0.15, 0.2) is 24.3 Å². The molecule has 0 unspecified atom stereocenters. The maximum Gasteiger partial charge on any atom is 0.358 e. The number of hydrogen-bond donors (Lipinski definition) is 1. The Balaban J connectivity index is 2.48. The van der Waals surface area contributed by atoms with E-state index in [0.717, 1.165) is 11.3 Å². The van der Waals surface area contributed by atoms with Gasteiger partial charge in [-0.15, -0.1) is 0 Å². The van der Waals surface area contributed by atoms with Crippen LogP contribution in [0.4, 0.5) is 0 Å². The van der Waals surface area contributed by atoms with Crippen LogP contribution in [0.2, 0.25) is 0 Å². The number of imidazole rings is 1. The van der Waals surface area contributed by atoms with E-state index in [0.29, 0.717) is 11.5 Å². The fourth-order valence-electron chi connectivity index (χ4n) is 1.90. The van der Waals surface area contributed by atoms with Gasteiger partial charge in [-0.1, -0.05) is 43.7 Å². The summed E-state index contributed by atoms with van der Waals surface area (Å²) in [7, 11) is 1.37. The van der Waals surface area contributed by atoms with E-state index in [4.69, 9.17) is 4.74 Å². The molecule has 4 nitrogen and oxygen atoms in total. The SMILES string of the molecule is COC(=O)c1nc(-c2ccc(C)cc2)[nH]c1C(C)C. The number of rotatable bonds is 3. The summed E-state index contributed by atoms with van der Waals surface area (Å²) < 4.78 is 4.77. The smallest absolute Gasteiger partial charge is 0.358 e. The largest absolute Gasteiger partial charge is 0.464 e. The number of carbonyl (C=O) groups is 1. The zero-order valence-corrected chi connectivity index (χ0v) is 11.7. The molecular weight excluding hydrogens is 240 g/mol. The lowest BCUT2D eigenvalue weighted by atomic mass is 10.1. The molecule has 0 bridgehead atoms. The van der Waals surface area contributed by atoms with E-state index < -0.39 is 5.97 Å². The third kappa shape index (κ3) is 2.67. The predicted octanol–water partition coefficient (Wildman–Crippen LogP) is 3.30. The molecule has 1 aromatic carbocycles. The number of aryl methyl sites for hydroxylation is 1. The zero-order chi connectivity index (χ0) is 14.0. The third-order valence-corrected chi connectivity index (χ3v) is 3.01. The van der Waals surface area contributed by atoms with Crippen LogP contribution in [0.3, 0.4) is 0 Å². The normalized spacial score (nSPS) is 10.8. The van der Waals surface area contributed by atoms with Crippen molar-refractivity contribution in [2.75, 3.05) is 7.11 Å². The second-order valence-electron chi connectivity index (χ2n) is 4.86. The lowest BCUT2D eigenvalue weighted by Gasteiger charge is -2.03. The molecule has 0 amide bonds. The van der Waals surface area contributed by atoms with Gasteiger partial charge in [0.05, 0.1) is 12.8 Å². The highest BCUT2D eigenvalue weighted by Crippen LogP contribution is 2.24. The Labute approximate surface area is 112 Å². The molecule has 0 atom stereocenters. The van der Waals surface area contributed by atoms with Crippen molar-refractivity contribution in [3.63, 3.8) is 0 Å². The summed E-state index contributed by atoms with van der Waals surface area (Å²) in [5.41, 5.74) is 3.32. The first-order chi connectivity index (χ1) is 9.02. The number of aromatic nitrogens is 2. The van der Waals surface area contributed by atoms with Crippen molar-refractivity contribution >= 4 is 5.97 Å². The number of nitrogens with zero attached hydrogens (tertiary/aromatic N) is 1. The van der Waals surface area contributed by atoms with Crippen molar-refractivity contribution in [1.82, 2.24) is 9.97 Å². The van der Waals surface area contributed by atoms with E-state index >= 15 is 0 Å². The topological polar surface area (TPSA) is 55.0 Å². The highest BCUT2D eigenvalue weighted by Gasteiger charge is 2.20. The number of carbonyl (C=O) groups excluding carboxylic acids is 1. The quantitative estimate of drug-likeness (QED) is 0.859. The fraction of sp³-hybridized carbons (Fsp3) is 0.333. The molecule has 0 saturated heterocycles. The van der Waals surface area contributed by atoms with Crippen molar-refractivity contribution in [1.29, 1.82) is 0 Å². The van der Waals surface area contributed by atoms with Crippen molar-refractivity contribution in [3.05, 3.63) is 41.2 Å². The first-order valence-corrected chi connectivity index (χ1v) is 6.28. The summed E-state index contributed by atoms with van der Waals surface area (Å²) in [6, 6.07) is 8.01. The third-order valence-electron chi connectivity index (χ3n) is 3.01. The summed E-state index contributed by atoms with van der Waals surface area (Å²) >= 11 is 0. The standard InChI is InChI=1S/C15H18N2O2/c1-9(2)12-13(15(18)19-4)17-14(16-12)11-7-5-10(3)6-8-11/h5-9H,1-4H3,(H,16,17). The van der Waals surface area contributed by atoms with E-state index in [-0.39, 0.29) is 5.92 Å². The number of H-pyrrole nitrogens is 1. The summed E-state index contributed by atoms with van der Waals surface area (Å²) in [5, 5.41) is 0. The highest BCUT2D eigenvalue weighted by atomic mass is 16.5. The van der Waals surface area contributed by atoms with Crippen LogP contribution in [0.1, 0.15) is 41.5 Å². The molecule has 0 spiro atoms. The molecule has 1 aromatic heterocycles. The number of methoxy groups -OCH3 is 1. The molecule has 1 N–H and O–H groups in total. The molecule has 0 aliphatic rings. The molecule has 0 aliphatic carbocycles. The molecule has 2 rings (SSSR count). The van der Waals surface area contributed by atoms with Crippen LogP contribution in [-0.2, 0) is 4.74 Å². The second-order valence-corrected chi connectivity index (χ2v) is 4.86. The summed E-state index contributed by atoms with van der Waals surface area (Å²) in [5.74, 6) is 0.475. The van der Waals surface area contributed by atoms with Gasteiger partial charge < -0.3 is 9.72 Å². The maximum atomic E-state index is 11.7. The average Bonchev–Trinajstić information content (AvgIpc) is 2.84. The van der Waals surface area contributed by atoms with Crippen molar-refractivity contribution in [2.24, 2.45) is 0 Å². The molecule has 2 aromatic rings. The van der Waals surface area contributed by atoms with Gasteiger partial charge in [0, 0.05) is 5.56 Å². The van der Waals surface area contributed by atoms with Gasteiger partial charge in [0.1, 0.15) is 5.82 Å². The summed E-state index contributed by atoms with van der Waals surface area (Å²) in [4.78, 5) is 19.3. The molecule has 0 fully saturated rings. The van der Waals surface area contributed by atoms with Crippen LogP contribution >= 0.6 is 0 Å². The molecule has 0 aliphatic heterocycles. The van der Waals surface area contributed by atoms with Gasteiger partial charge in [-0.05, 0) is 12.8 Å². The number of nitrogens with one attached hydrogen (secondary N) is 1. The number of ether oxygens (including phenoxy) is 1. The number of hydrogen-bond acceptors (Lipinski definition) is 3. The van der Waals surface area contributed by atoms with Crippen molar-refractivity contribution in [2.45, 2.75) is 26.7 Å². The maximum absolute atomic E-state index is 11.7. The lowest BCUT2D eigenvalue weighted by molar-refractivity contribution is 0.0593. The Bertz CT molecular complexity index is 583. The molecule has 19 heavy (non-hydrogen) atoms. The van der Waals surface area contributed by atoms with Gasteiger partial charge in [0.2, 0.25) is 0 Å². The average molecular weight is 258 g/mol. The van der Waals surface area contributed by atoms with Gasteiger partial charge in [0.15, 0.2) is 5.69 Å².